The molecule has 0 saturated heterocycles. The third-order valence-corrected chi connectivity index (χ3v) is 5.71. The number of hydrogen-bond acceptors (Lipinski definition) is 3. The van der Waals surface area contributed by atoms with E-state index in [2.05, 4.69) is 84.9 Å². The molecule has 0 aliphatic carbocycles. The highest BCUT2D eigenvalue weighted by Gasteiger charge is 2.14. The van der Waals surface area contributed by atoms with E-state index in [4.69, 9.17) is 15.0 Å². The predicted octanol–water partition coefficient (Wildman–Crippen LogP) is 7.18. The first-order chi connectivity index (χ1) is 15.8. The molecule has 0 amide bonds. The van der Waals surface area contributed by atoms with Crippen LogP contribution in [0, 0.1) is 0 Å². The highest BCUT2D eigenvalue weighted by molar-refractivity contribution is 5.95. The highest BCUT2D eigenvalue weighted by Crippen LogP contribution is 2.30. The van der Waals surface area contributed by atoms with Gasteiger partial charge in [0.1, 0.15) is 0 Å². The molecule has 3 nitrogen and oxygen atoms in total. The maximum Gasteiger partial charge on any atom is 0.164 e. The lowest BCUT2D eigenvalue weighted by Gasteiger charge is -2.10. The Hall–Kier alpha value is -4.37. The fourth-order valence-corrected chi connectivity index (χ4v) is 4.09. The van der Waals surface area contributed by atoms with Gasteiger partial charge < -0.3 is 0 Å². The lowest BCUT2D eigenvalue weighted by atomic mass is 10.0. The van der Waals surface area contributed by atoms with Crippen LogP contribution in [0.15, 0.2) is 115 Å². The molecule has 1 heterocycles. The Balaban J connectivity index is 1.61. The largest absolute Gasteiger partial charge is 0.208 e. The summed E-state index contributed by atoms with van der Waals surface area (Å²) in [6, 6.07) is 39.3. The summed E-state index contributed by atoms with van der Waals surface area (Å²) in [6.07, 6.45) is 0. The fraction of sp³-hybridized carbons (Fsp3) is 0. The molecule has 0 aliphatic heterocycles. The Bertz CT molecular complexity index is 1570. The smallest absolute Gasteiger partial charge is 0.164 e. The van der Waals surface area contributed by atoms with Crippen LogP contribution in [0.5, 0.6) is 0 Å². The van der Waals surface area contributed by atoms with Crippen molar-refractivity contribution in [2.24, 2.45) is 0 Å². The van der Waals surface area contributed by atoms with E-state index >= 15 is 0 Å². The lowest BCUT2D eigenvalue weighted by molar-refractivity contribution is 1.08. The van der Waals surface area contributed by atoms with Crippen molar-refractivity contribution in [3.63, 3.8) is 0 Å². The first-order valence-electron chi connectivity index (χ1n) is 10.6. The number of benzene rings is 5. The van der Waals surface area contributed by atoms with Gasteiger partial charge in [0.2, 0.25) is 0 Å². The van der Waals surface area contributed by atoms with E-state index in [-0.39, 0.29) is 0 Å². The highest BCUT2D eigenvalue weighted by atomic mass is 15.0. The van der Waals surface area contributed by atoms with Crippen molar-refractivity contribution in [3.8, 4) is 34.2 Å². The Morgan fingerprint density at radius 1 is 0.375 bits per heavy atom. The normalized spacial score (nSPS) is 11.1. The molecule has 0 unspecified atom stereocenters. The summed E-state index contributed by atoms with van der Waals surface area (Å²) in [6.45, 7) is 0. The molecular formula is C29H19N3. The average Bonchev–Trinajstić information content (AvgIpc) is 2.88. The van der Waals surface area contributed by atoms with Crippen LogP contribution < -0.4 is 0 Å². The number of rotatable bonds is 3. The monoisotopic (exact) mass is 409 g/mol. The van der Waals surface area contributed by atoms with Crippen LogP contribution in [0.4, 0.5) is 0 Å². The van der Waals surface area contributed by atoms with Crippen LogP contribution in [-0.2, 0) is 0 Å². The van der Waals surface area contributed by atoms with E-state index in [0.717, 1.165) is 22.1 Å². The Morgan fingerprint density at radius 3 is 1.84 bits per heavy atom. The number of nitrogens with zero attached hydrogens (tertiary/aromatic N) is 3. The molecule has 5 aromatic carbocycles. The second-order valence-electron chi connectivity index (χ2n) is 7.76. The van der Waals surface area contributed by atoms with Gasteiger partial charge in [-0.05, 0) is 27.6 Å². The maximum atomic E-state index is 4.93. The molecule has 3 heteroatoms. The molecule has 0 aliphatic rings. The standard InChI is InChI=1S/C29H19N3/c1-2-11-22(12-3-1)27-30-28(24-18-17-20-9-4-5-13-23(20)19-24)32-29(31-27)26-16-8-14-21-10-6-7-15-25(21)26/h1-19H. The van der Waals surface area contributed by atoms with E-state index in [1.54, 1.807) is 0 Å². The van der Waals surface area contributed by atoms with Gasteiger partial charge in [0, 0.05) is 16.7 Å². The predicted molar refractivity (Wildman–Crippen MR) is 131 cm³/mol. The molecule has 0 radical (unpaired) electrons. The lowest BCUT2D eigenvalue weighted by Crippen LogP contribution is -2.00. The fourth-order valence-electron chi connectivity index (χ4n) is 4.09. The second-order valence-corrected chi connectivity index (χ2v) is 7.76. The van der Waals surface area contributed by atoms with Gasteiger partial charge in [-0.2, -0.15) is 0 Å². The number of fused-ring (bicyclic) bond motifs is 2. The topological polar surface area (TPSA) is 38.7 Å². The van der Waals surface area contributed by atoms with Crippen LogP contribution in [0.25, 0.3) is 55.7 Å². The van der Waals surface area contributed by atoms with Crippen molar-refractivity contribution in [2.45, 2.75) is 0 Å². The molecule has 0 fully saturated rings. The number of aromatic nitrogens is 3. The SMILES string of the molecule is c1ccc(-c2nc(-c3ccc4ccccc4c3)nc(-c3cccc4ccccc34)n2)cc1. The van der Waals surface area contributed by atoms with Crippen LogP contribution in [0.3, 0.4) is 0 Å². The van der Waals surface area contributed by atoms with Gasteiger partial charge in [0.05, 0.1) is 0 Å². The van der Waals surface area contributed by atoms with E-state index in [0.29, 0.717) is 17.5 Å². The first-order valence-corrected chi connectivity index (χ1v) is 10.6. The van der Waals surface area contributed by atoms with Crippen LogP contribution >= 0.6 is 0 Å². The van der Waals surface area contributed by atoms with Crippen molar-refractivity contribution < 1.29 is 0 Å². The summed E-state index contributed by atoms with van der Waals surface area (Å²) in [5.74, 6) is 2.03. The Labute approximate surface area is 186 Å². The zero-order chi connectivity index (χ0) is 21.3. The van der Waals surface area contributed by atoms with Crippen molar-refractivity contribution in [2.75, 3.05) is 0 Å². The van der Waals surface area contributed by atoms with Crippen LogP contribution in [-0.4, -0.2) is 15.0 Å². The molecule has 6 aromatic rings. The molecule has 0 bridgehead atoms. The van der Waals surface area contributed by atoms with E-state index in [9.17, 15) is 0 Å². The number of hydrogen-bond donors (Lipinski definition) is 0. The molecule has 32 heavy (non-hydrogen) atoms. The molecule has 0 saturated carbocycles. The Kier molecular flexibility index (Phi) is 4.43. The van der Waals surface area contributed by atoms with Gasteiger partial charge in [-0.15, -0.1) is 0 Å². The zero-order valence-electron chi connectivity index (χ0n) is 17.3. The van der Waals surface area contributed by atoms with E-state index in [1.807, 2.05) is 30.3 Å². The van der Waals surface area contributed by atoms with E-state index in [1.165, 1.54) is 16.2 Å². The summed E-state index contributed by atoms with van der Waals surface area (Å²) < 4.78 is 0. The van der Waals surface area contributed by atoms with Gasteiger partial charge in [0.15, 0.2) is 17.5 Å². The van der Waals surface area contributed by atoms with Crippen molar-refractivity contribution in [3.05, 3.63) is 115 Å². The molecule has 150 valence electrons. The van der Waals surface area contributed by atoms with Gasteiger partial charge in [-0.3, -0.25) is 0 Å². The van der Waals surface area contributed by atoms with Gasteiger partial charge in [0.25, 0.3) is 0 Å². The molecule has 0 atom stereocenters. The van der Waals surface area contributed by atoms with Gasteiger partial charge >= 0.3 is 0 Å². The second kappa shape index (κ2) is 7.71. The Morgan fingerprint density at radius 2 is 1.00 bits per heavy atom. The molecule has 0 N–H and O–H groups in total. The molecule has 0 spiro atoms. The minimum absolute atomic E-state index is 0.673. The van der Waals surface area contributed by atoms with E-state index < -0.39 is 0 Å². The van der Waals surface area contributed by atoms with Crippen molar-refractivity contribution in [1.29, 1.82) is 0 Å². The minimum Gasteiger partial charge on any atom is -0.208 e. The van der Waals surface area contributed by atoms with Crippen LogP contribution in [0.1, 0.15) is 0 Å². The van der Waals surface area contributed by atoms with Crippen molar-refractivity contribution >= 4 is 21.5 Å². The first kappa shape index (κ1) is 18.4. The van der Waals surface area contributed by atoms with Crippen LogP contribution in [0.2, 0.25) is 0 Å². The molecule has 6 rings (SSSR count). The average molecular weight is 409 g/mol. The summed E-state index contributed by atoms with van der Waals surface area (Å²) in [5.41, 5.74) is 2.95. The quantitative estimate of drug-likeness (QED) is 0.311. The molecule has 1 aromatic heterocycles. The third kappa shape index (κ3) is 3.30. The summed E-state index contributed by atoms with van der Waals surface area (Å²) in [7, 11) is 0. The summed E-state index contributed by atoms with van der Waals surface area (Å²) in [4.78, 5) is 14.7. The zero-order valence-corrected chi connectivity index (χ0v) is 17.3. The molecular weight excluding hydrogens is 390 g/mol. The van der Waals surface area contributed by atoms with Gasteiger partial charge in [-0.1, -0.05) is 109 Å². The third-order valence-electron chi connectivity index (χ3n) is 5.71. The van der Waals surface area contributed by atoms with Gasteiger partial charge in [-0.25, -0.2) is 15.0 Å². The maximum absolute atomic E-state index is 4.93. The minimum atomic E-state index is 0.673. The van der Waals surface area contributed by atoms with Crippen molar-refractivity contribution in [1.82, 2.24) is 15.0 Å². The summed E-state index contributed by atoms with van der Waals surface area (Å²) in [5, 5.41) is 4.66. The summed E-state index contributed by atoms with van der Waals surface area (Å²) >= 11 is 0.